The van der Waals surface area contributed by atoms with Crippen molar-refractivity contribution in [3.05, 3.63) is 12.7 Å². The summed E-state index contributed by atoms with van der Waals surface area (Å²) >= 11 is 0. The molecule has 0 radical (unpaired) electrons. The third-order valence-electron chi connectivity index (χ3n) is 2.44. The van der Waals surface area contributed by atoms with Crippen LogP contribution in [-0.2, 0) is 0 Å². The summed E-state index contributed by atoms with van der Waals surface area (Å²) in [6, 6.07) is 0. The van der Waals surface area contributed by atoms with Crippen LogP contribution in [0.2, 0.25) is 0 Å². The van der Waals surface area contributed by atoms with Gasteiger partial charge in [-0.25, -0.2) is 0 Å². The van der Waals surface area contributed by atoms with Gasteiger partial charge in [0.1, 0.15) is 0 Å². The molecule has 2 nitrogen and oxygen atoms in total. The maximum Gasteiger partial charge on any atom is 0.0566 e. The molecule has 76 valence electrons. The molecule has 0 spiro atoms. The largest absolute Gasteiger partial charge is 0.299 e. The summed E-state index contributed by atoms with van der Waals surface area (Å²) in [5, 5.41) is 0. The first-order chi connectivity index (χ1) is 5.96. The van der Waals surface area contributed by atoms with Gasteiger partial charge < -0.3 is 0 Å². The topological polar surface area (TPSA) is 15.6 Å². The summed E-state index contributed by atoms with van der Waals surface area (Å²) in [5.74, 6) is 0. The van der Waals surface area contributed by atoms with Gasteiger partial charge in [0, 0.05) is 6.54 Å². The molecule has 0 amide bonds. The molecule has 0 aromatic heterocycles. The summed E-state index contributed by atoms with van der Waals surface area (Å²) < 4.78 is 0. The fourth-order valence-electron chi connectivity index (χ4n) is 0.969. The molecule has 0 aliphatic heterocycles. The first kappa shape index (κ1) is 12.4. The Labute approximate surface area is 82.4 Å². The van der Waals surface area contributed by atoms with Crippen molar-refractivity contribution in [3.63, 3.8) is 0 Å². The lowest BCUT2D eigenvalue weighted by Gasteiger charge is -2.32. The summed E-state index contributed by atoms with van der Waals surface area (Å²) in [6.07, 6.45) is 2.94. The van der Waals surface area contributed by atoms with Gasteiger partial charge in [-0.05, 0) is 40.4 Å². The van der Waals surface area contributed by atoms with Crippen LogP contribution in [0.3, 0.4) is 0 Å². The zero-order valence-electron chi connectivity index (χ0n) is 9.59. The van der Waals surface area contributed by atoms with E-state index in [1.54, 1.807) is 0 Å². The van der Waals surface area contributed by atoms with Crippen molar-refractivity contribution >= 4 is 5.71 Å². The second-order valence-corrected chi connectivity index (χ2v) is 3.92. The Morgan fingerprint density at radius 1 is 1.46 bits per heavy atom. The van der Waals surface area contributed by atoms with Crippen molar-refractivity contribution in [2.75, 3.05) is 20.6 Å². The average molecular weight is 182 g/mol. The van der Waals surface area contributed by atoms with Crippen molar-refractivity contribution in [1.82, 2.24) is 4.90 Å². The van der Waals surface area contributed by atoms with Crippen LogP contribution in [-0.4, -0.2) is 36.8 Å². The summed E-state index contributed by atoms with van der Waals surface area (Å²) in [6.45, 7) is 11.1. The van der Waals surface area contributed by atoms with Crippen molar-refractivity contribution in [2.24, 2.45) is 4.99 Å². The van der Waals surface area contributed by atoms with E-state index in [1.165, 1.54) is 0 Å². The second-order valence-electron chi connectivity index (χ2n) is 3.92. The first-order valence-electron chi connectivity index (χ1n) is 4.81. The Bertz CT molecular complexity index is 190. The molecular weight excluding hydrogens is 160 g/mol. The molecule has 0 unspecified atom stereocenters. The van der Waals surface area contributed by atoms with Crippen LogP contribution in [0.5, 0.6) is 0 Å². The van der Waals surface area contributed by atoms with E-state index in [-0.39, 0.29) is 5.54 Å². The molecule has 0 heterocycles. The summed E-state index contributed by atoms with van der Waals surface area (Å²) in [7, 11) is 4.12. The number of aliphatic imine (C=N–C) groups is 1. The Morgan fingerprint density at radius 2 is 2.00 bits per heavy atom. The lowest BCUT2D eigenvalue weighted by atomic mass is 9.96. The average Bonchev–Trinajstić information content (AvgIpc) is 2.05. The lowest BCUT2D eigenvalue weighted by molar-refractivity contribution is 0.274. The molecule has 0 N–H and O–H groups in total. The smallest absolute Gasteiger partial charge is 0.0566 e. The molecule has 0 aromatic rings. The van der Waals surface area contributed by atoms with Crippen LogP contribution in [0.15, 0.2) is 17.6 Å². The van der Waals surface area contributed by atoms with E-state index in [9.17, 15) is 0 Å². The molecule has 0 saturated heterocycles. The van der Waals surface area contributed by atoms with E-state index >= 15 is 0 Å². The SMILES string of the molecule is C=C/C(=N\CCC)C(C)(C)N(C)C. The molecule has 13 heavy (non-hydrogen) atoms. The van der Waals surface area contributed by atoms with Crippen molar-refractivity contribution in [2.45, 2.75) is 32.7 Å². The van der Waals surface area contributed by atoms with Gasteiger partial charge in [0.05, 0.1) is 11.3 Å². The highest BCUT2D eigenvalue weighted by atomic mass is 15.1. The molecule has 0 atom stereocenters. The molecule has 0 rings (SSSR count). The monoisotopic (exact) mass is 182 g/mol. The first-order valence-corrected chi connectivity index (χ1v) is 4.81. The van der Waals surface area contributed by atoms with E-state index in [4.69, 9.17) is 0 Å². The number of nitrogens with zero attached hydrogens (tertiary/aromatic N) is 2. The Kier molecular flexibility index (Phi) is 4.92. The fourth-order valence-corrected chi connectivity index (χ4v) is 0.969. The number of hydrogen-bond acceptors (Lipinski definition) is 2. The van der Waals surface area contributed by atoms with E-state index in [0.717, 1.165) is 18.7 Å². The third kappa shape index (κ3) is 3.31. The predicted octanol–water partition coefficient (Wildman–Crippen LogP) is 2.36. The molecule has 0 bridgehead atoms. The van der Waals surface area contributed by atoms with Gasteiger partial charge in [-0.2, -0.15) is 0 Å². The van der Waals surface area contributed by atoms with Gasteiger partial charge in [-0.3, -0.25) is 9.89 Å². The predicted molar refractivity (Wildman–Crippen MR) is 60.6 cm³/mol. The van der Waals surface area contributed by atoms with Crippen LogP contribution in [0.25, 0.3) is 0 Å². The highest BCUT2D eigenvalue weighted by Gasteiger charge is 2.24. The van der Waals surface area contributed by atoms with Gasteiger partial charge in [-0.15, -0.1) is 0 Å². The van der Waals surface area contributed by atoms with Crippen molar-refractivity contribution in [1.29, 1.82) is 0 Å². The number of hydrogen-bond donors (Lipinski definition) is 0. The summed E-state index contributed by atoms with van der Waals surface area (Å²) in [4.78, 5) is 6.67. The van der Waals surface area contributed by atoms with Crippen LogP contribution in [0.1, 0.15) is 27.2 Å². The Balaban J connectivity index is 4.65. The summed E-state index contributed by atoms with van der Waals surface area (Å²) in [5.41, 5.74) is 1.05. The minimum atomic E-state index is -0.0169. The zero-order valence-corrected chi connectivity index (χ0v) is 9.59. The second kappa shape index (κ2) is 5.18. The molecule has 0 aliphatic carbocycles. The minimum absolute atomic E-state index is 0.0169. The van der Waals surface area contributed by atoms with Crippen LogP contribution in [0, 0.1) is 0 Å². The van der Waals surface area contributed by atoms with Gasteiger partial charge in [0.2, 0.25) is 0 Å². The molecule has 0 aliphatic rings. The maximum absolute atomic E-state index is 4.51. The van der Waals surface area contributed by atoms with Crippen molar-refractivity contribution in [3.8, 4) is 0 Å². The van der Waals surface area contributed by atoms with E-state index in [2.05, 4.69) is 51.3 Å². The van der Waals surface area contributed by atoms with Crippen LogP contribution < -0.4 is 0 Å². The van der Waals surface area contributed by atoms with Gasteiger partial charge >= 0.3 is 0 Å². The minimum Gasteiger partial charge on any atom is -0.299 e. The normalized spacial score (nSPS) is 13.5. The lowest BCUT2D eigenvalue weighted by Crippen LogP contribution is -2.45. The van der Waals surface area contributed by atoms with E-state index in [0.29, 0.717) is 0 Å². The quantitative estimate of drug-likeness (QED) is 0.596. The van der Waals surface area contributed by atoms with Crippen LogP contribution >= 0.6 is 0 Å². The maximum atomic E-state index is 4.51. The third-order valence-corrected chi connectivity index (χ3v) is 2.44. The van der Waals surface area contributed by atoms with Crippen molar-refractivity contribution < 1.29 is 0 Å². The van der Waals surface area contributed by atoms with E-state index in [1.807, 2.05) is 6.08 Å². The molecule has 2 heteroatoms. The van der Waals surface area contributed by atoms with E-state index < -0.39 is 0 Å². The molecule has 0 saturated carbocycles. The Morgan fingerprint density at radius 3 is 2.31 bits per heavy atom. The molecular formula is C11H22N2. The Hall–Kier alpha value is -0.630. The molecule has 0 aromatic carbocycles. The zero-order chi connectivity index (χ0) is 10.5. The van der Waals surface area contributed by atoms with Gasteiger partial charge in [0.15, 0.2) is 0 Å². The fraction of sp³-hybridized carbons (Fsp3) is 0.727. The highest BCUT2D eigenvalue weighted by Crippen LogP contribution is 2.13. The van der Waals surface area contributed by atoms with Gasteiger partial charge in [0.25, 0.3) is 0 Å². The van der Waals surface area contributed by atoms with Gasteiger partial charge in [-0.1, -0.05) is 13.5 Å². The number of rotatable bonds is 5. The standard InChI is InChI=1S/C11H22N2/c1-7-9-12-10(8-2)11(3,4)13(5)6/h8H,2,7,9H2,1,3-6H3/b12-10+. The van der Waals surface area contributed by atoms with Crippen LogP contribution in [0.4, 0.5) is 0 Å². The molecule has 0 fully saturated rings. The highest BCUT2D eigenvalue weighted by molar-refractivity contribution is 6.01.